The van der Waals surface area contributed by atoms with E-state index in [0.717, 1.165) is 0 Å². The molecule has 2 aliphatic rings. The van der Waals surface area contributed by atoms with Crippen LogP contribution in [-0.2, 0) is 9.84 Å². The van der Waals surface area contributed by atoms with Crippen molar-refractivity contribution in [2.24, 2.45) is 0 Å². The fourth-order valence-electron chi connectivity index (χ4n) is 4.56. The van der Waals surface area contributed by atoms with Gasteiger partial charge in [0.2, 0.25) is 5.89 Å². The summed E-state index contributed by atoms with van der Waals surface area (Å²) in [4.78, 5) is 21.6. The summed E-state index contributed by atoms with van der Waals surface area (Å²) >= 11 is 0. The van der Waals surface area contributed by atoms with Gasteiger partial charge in [0.15, 0.2) is 15.6 Å². The lowest BCUT2D eigenvalue weighted by Crippen LogP contribution is -2.52. The van der Waals surface area contributed by atoms with E-state index < -0.39 is 15.7 Å². The van der Waals surface area contributed by atoms with Gasteiger partial charge >= 0.3 is 0 Å². The molecule has 9 heteroatoms. The summed E-state index contributed by atoms with van der Waals surface area (Å²) in [6, 6.07) is 13.4. The van der Waals surface area contributed by atoms with Crippen molar-refractivity contribution in [3.8, 4) is 22.8 Å². The molecule has 0 bridgehead atoms. The van der Waals surface area contributed by atoms with Crippen LogP contribution in [0.15, 0.2) is 59.1 Å². The minimum absolute atomic E-state index is 0.0451. The van der Waals surface area contributed by atoms with E-state index in [4.69, 9.17) is 4.42 Å². The quantitative estimate of drug-likeness (QED) is 0.584. The van der Waals surface area contributed by atoms with Crippen LogP contribution in [0.2, 0.25) is 0 Å². The molecule has 1 aromatic heterocycles. The summed E-state index contributed by atoms with van der Waals surface area (Å²) in [5, 5.41) is 0. The average molecular weight is 470 g/mol. The number of hydrogen-bond acceptors (Lipinski definition) is 6. The van der Waals surface area contributed by atoms with Crippen LogP contribution in [0.3, 0.4) is 0 Å². The topological polar surface area (TPSA) is 83.7 Å². The van der Waals surface area contributed by atoms with Gasteiger partial charge in [0.1, 0.15) is 5.82 Å². The Hall–Kier alpha value is -3.04. The van der Waals surface area contributed by atoms with Gasteiger partial charge in [-0.2, -0.15) is 0 Å². The third-order valence-electron chi connectivity index (χ3n) is 6.36. The molecular weight excluding hydrogens is 445 g/mol. The van der Waals surface area contributed by atoms with Gasteiger partial charge in [0.25, 0.3) is 5.91 Å². The zero-order chi connectivity index (χ0) is 23.0. The number of hydrogen-bond donors (Lipinski definition) is 0. The lowest BCUT2D eigenvalue weighted by molar-refractivity contribution is 0.0588. The van der Waals surface area contributed by atoms with E-state index in [9.17, 15) is 17.6 Å². The van der Waals surface area contributed by atoms with Crippen LogP contribution in [0.4, 0.5) is 4.39 Å². The molecule has 3 aromatic rings. The summed E-state index contributed by atoms with van der Waals surface area (Å²) in [7, 11) is -2.94. The van der Waals surface area contributed by atoms with Crippen LogP contribution in [0.5, 0.6) is 0 Å². The molecule has 1 atom stereocenters. The van der Waals surface area contributed by atoms with Crippen LogP contribution in [0.25, 0.3) is 22.8 Å². The van der Waals surface area contributed by atoms with E-state index >= 15 is 0 Å². The summed E-state index contributed by atoms with van der Waals surface area (Å²) in [5.74, 6) is 0.470. The standard InChI is InChI=1S/C24H24FN3O4S/c25-21-8-4-3-7-20(21)22-15-26-23(32-22)18-5-1-2-6-19(18)24(29)28-12-10-27(11-13-28)17-9-14-33(30,31)16-17/h1-8,15,17H,9-14,16H2. The number of carbonyl (C=O) groups excluding carboxylic acids is 1. The Kier molecular flexibility index (Phi) is 5.76. The smallest absolute Gasteiger partial charge is 0.254 e. The number of aromatic nitrogens is 1. The highest BCUT2D eigenvalue weighted by atomic mass is 32.2. The summed E-state index contributed by atoms with van der Waals surface area (Å²) in [6.45, 7) is 2.33. The van der Waals surface area contributed by atoms with Crippen molar-refractivity contribution in [2.75, 3.05) is 37.7 Å². The highest BCUT2D eigenvalue weighted by molar-refractivity contribution is 7.91. The molecule has 2 aliphatic heterocycles. The first-order chi connectivity index (χ1) is 15.9. The van der Waals surface area contributed by atoms with Crippen molar-refractivity contribution >= 4 is 15.7 Å². The molecule has 0 radical (unpaired) electrons. The van der Waals surface area contributed by atoms with Gasteiger partial charge in [-0.1, -0.05) is 24.3 Å². The van der Waals surface area contributed by atoms with Gasteiger partial charge in [-0.25, -0.2) is 17.8 Å². The summed E-state index contributed by atoms with van der Waals surface area (Å²) in [6.07, 6.45) is 2.12. The van der Waals surface area contributed by atoms with Crippen molar-refractivity contribution in [3.05, 3.63) is 66.1 Å². The van der Waals surface area contributed by atoms with Crippen LogP contribution >= 0.6 is 0 Å². The van der Waals surface area contributed by atoms with E-state index in [2.05, 4.69) is 9.88 Å². The molecular formula is C24H24FN3O4S. The monoisotopic (exact) mass is 469 g/mol. The number of piperazine rings is 1. The maximum atomic E-state index is 14.1. The predicted octanol–water partition coefficient (Wildman–Crippen LogP) is 3.09. The van der Waals surface area contributed by atoms with E-state index in [1.165, 1.54) is 12.3 Å². The molecule has 0 N–H and O–H groups in total. The maximum Gasteiger partial charge on any atom is 0.254 e. The minimum Gasteiger partial charge on any atom is -0.436 e. The third kappa shape index (κ3) is 4.43. The lowest BCUT2D eigenvalue weighted by Gasteiger charge is -2.37. The van der Waals surface area contributed by atoms with E-state index in [1.54, 1.807) is 47.4 Å². The van der Waals surface area contributed by atoms with Crippen LogP contribution in [-0.4, -0.2) is 72.8 Å². The molecule has 2 aromatic carbocycles. The zero-order valence-corrected chi connectivity index (χ0v) is 18.8. The van der Waals surface area contributed by atoms with Crippen molar-refractivity contribution in [2.45, 2.75) is 12.5 Å². The number of sulfone groups is 1. The third-order valence-corrected chi connectivity index (χ3v) is 8.11. The van der Waals surface area contributed by atoms with Crippen molar-refractivity contribution in [3.63, 3.8) is 0 Å². The van der Waals surface area contributed by atoms with Crippen molar-refractivity contribution in [1.82, 2.24) is 14.8 Å². The Morgan fingerprint density at radius 3 is 2.39 bits per heavy atom. The summed E-state index contributed by atoms with van der Waals surface area (Å²) in [5.41, 5.74) is 1.33. The van der Waals surface area contributed by atoms with Gasteiger partial charge in [-0.3, -0.25) is 9.69 Å². The van der Waals surface area contributed by atoms with Crippen LogP contribution in [0, 0.1) is 5.82 Å². The Balaban J connectivity index is 1.33. The molecule has 3 heterocycles. The van der Waals surface area contributed by atoms with E-state index in [0.29, 0.717) is 55.1 Å². The first-order valence-electron chi connectivity index (χ1n) is 11.0. The van der Waals surface area contributed by atoms with Crippen molar-refractivity contribution < 1.29 is 22.0 Å². The molecule has 172 valence electrons. The predicted molar refractivity (Wildman–Crippen MR) is 122 cm³/mol. The molecule has 1 amide bonds. The molecule has 0 saturated carbocycles. The van der Waals surface area contributed by atoms with Crippen LogP contribution < -0.4 is 0 Å². The second-order valence-corrected chi connectivity index (χ2v) is 10.7. The van der Waals surface area contributed by atoms with Crippen LogP contribution in [0.1, 0.15) is 16.8 Å². The molecule has 0 spiro atoms. The SMILES string of the molecule is O=C(c1ccccc1-c1ncc(-c2ccccc2F)o1)N1CCN(C2CCS(=O)(=O)C2)CC1. The Labute approximate surface area is 191 Å². The molecule has 1 unspecified atom stereocenters. The maximum absolute atomic E-state index is 14.1. The van der Waals surface area contributed by atoms with Gasteiger partial charge in [-0.15, -0.1) is 0 Å². The van der Waals surface area contributed by atoms with Gasteiger partial charge in [0.05, 0.1) is 28.8 Å². The second kappa shape index (κ2) is 8.72. The molecule has 2 fully saturated rings. The molecule has 2 saturated heterocycles. The number of amides is 1. The zero-order valence-electron chi connectivity index (χ0n) is 18.0. The minimum atomic E-state index is -2.94. The largest absolute Gasteiger partial charge is 0.436 e. The van der Waals surface area contributed by atoms with Crippen molar-refractivity contribution in [1.29, 1.82) is 0 Å². The number of carbonyl (C=O) groups is 1. The van der Waals surface area contributed by atoms with E-state index in [1.807, 2.05) is 0 Å². The molecule has 33 heavy (non-hydrogen) atoms. The Bertz CT molecular complexity index is 1280. The van der Waals surface area contributed by atoms with E-state index in [-0.39, 0.29) is 29.3 Å². The number of rotatable bonds is 4. The number of benzene rings is 2. The van der Waals surface area contributed by atoms with Gasteiger partial charge in [-0.05, 0) is 30.7 Å². The first-order valence-corrected chi connectivity index (χ1v) is 12.8. The molecule has 5 rings (SSSR count). The number of oxazole rings is 1. The second-order valence-electron chi connectivity index (χ2n) is 8.44. The fourth-order valence-corrected chi connectivity index (χ4v) is 6.33. The fraction of sp³-hybridized carbons (Fsp3) is 0.333. The lowest BCUT2D eigenvalue weighted by atomic mass is 10.1. The highest BCUT2D eigenvalue weighted by Gasteiger charge is 2.34. The Morgan fingerprint density at radius 1 is 1.00 bits per heavy atom. The number of nitrogens with zero attached hydrogens (tertiary/aromatic N) is 3. The van der Waals surface area contributed by atoms with Gasteiger partial charge in [0, 0.05) is 37.8 Å². The van der Waals surface area contributed by atoms with Gasteiger partial charge < -0.3 is 9.32 Å². The molecule has 0 aliphatic carbocycles. The highest BCUT2D eigenvalue weighted by Crippen LogP contribution is 2.30. The first kappa shape index (κ1) is 21.8. The summed E-state index contributed by atoms with van der Waals surface area (Å²) < 4.78 is 43.6. The molecule has 7 nitrogen and oxygen atoms in total. The Morgan fingerprint density at radius 2 is 1.70 bits per heavy atom. The normalized spacial score (nSPS) is 20.8. The number of halogens is 1. The average Bonchev–Trinajstić information content (AvgIpc) is 3.46.